The summed E-state index contributed by atoms with van der Waals surface area (Å²) in [6, 6.07) is 0. The number of hydrogen-bond donors (Lipinski definition) is 0. The molecule has 40 valence electrons. The SMILES string of the molecule is Cl.O=P(Cl)(Cl)Cl. The molecule has 0 N–H and O–H groups in total. The van der Waals surface area contributed by atoms with Crippen LogP contribution in [0.25, 0.3) is 0 Å². The van der Waals surface area contributed by atoms with E-state index in [1.165, 1.54) is 0 Å². The summed E-state index contributed by atoms with van der Waals surface area (Å²) in [6.45, 7) is 0. The Labute approximate surface area is 56.1 Å². The minimum Gasteiger partial charge on any atom is -0.271 e. The van der Waals surface area contributed by atoms with Crippen LogP contribution in [0.3, 0.4) is 0 Å². The maximum absolute atomic E-state index is 9.51. The third-order valence-electron chi connectivity index (χ3n) is 0. The van der Waals surface area contributed by atoms with Gasteiger partial charge in [-0.2, -0.15) is 0 Å². The van der Waals surface area contributed by atoms with Crippen molar-refractivity contribution in [1.29, 1.82) is 0 Å². The molecule has 1 nitrogen and oxygen atoms in total. The van der Waals surface area contributed by atoms with Crippen LogP contribution < -0.4 is 0 Å². The quantitative estimate of drug-likeness (QED) is 0.535. The van der Waals surface area contributed by atoms with Gasteiger partial charge in [0.05, 0.1) is 0 Å². The van der Waals surface area contributed by atoms with Crippen molar-refractivity contribution in [3.8, 4) is 0 Å². The van der Waals surface area contributed by atoms with Crippen molar-refractivity contribution in [3.05, 3.63) is 0 Å². The van der Waals surface area contributed by atoms with Gasteiger partial charge in [-0.25, -0.2) is 0 Å². The summed E-state index contributed by atoms with van der Waals surface area (Å²) < 4.78 is 9.51. The minimum absolute atomic E-state index is 0. The molecule has 0 aliphatic heterocycles. The Bertz CT molecular complexity index is 53.7. The van der Waals surface area contributed by atoms with E-state index in [1.54, 1.807) is 0 Å². The van der Waals surface area contributed by atoms with Gasteiger partial charge in [0.25, 0.3) is 0 Å². The van der Waals surface area contributed by atoms with E-state index in [9.17, 15) is 4.57 Å². The van der Waals surface area contributed by atoms with E-state index in [0.717, 1.165) is 0 Å². The molecule has 0 unspecified atom stereocenters. The molecule has 0 heterocycles. The zero-order valence-electron chi connectivity index (χ0n) is 2.40. The Hall–Kier alpha value is 1.39. The molecular formula is HCl4OP. The smallest absolute Gasteiger partial charge is 0.271 e. The first-order valence-electron chi connectivity index (χ1n) is 0.690. The lowest BCUT2D eigenvalue weighted by Crippen LogP contribution is -1.19. The van der Waals surface area contributed by atoms with Crippen molar-refractivity contribution in [2.24, 2.45) is 0 Å². The van der Waals surface area contributed by atoms with E-state index in [4.69, 9.17) is 0 Å². The fourth-order valence-electron chi connectivity index (χ4n) is 0. The summed E-state index contributed by atoms with van der Waals surface area (Å²) in [5.74, 6) is 0. The van der Waals surface area contributed by atoms with Crippen LogP contribution >= 0.6 is 51.3 Å². The molecule has 0 amide bonds. The van der Waals surface area contributed by atoms with Crippen LogP contribution in [0.5, 0.6) is 0 Å². The fourth-order valence-corrected chi connectivity index (χ4v) is 0. The minimum atomic E-state index is -3.22. The molecule has 0 aromatic rings. The molecule has 0 saturated heterocycles. The van der Waals surface area contributed by atoms with Gasteiger partial charge in [0.1, 0.15) is 0 Å². The highest BCUT2D eigenvalue weighted by Gasteiger charge is 2.02. The van der Waals surface area contributed by atoms with E-state index < -0.39 is 5.20 Å². The van der Waals surface area contributed by atoms with E-state index in [-0.39, 0.29) is 12.4 Å². The number of rotatable bonds is 0. The third-order valence-corrected chi connectivity index (χ3v) is 0. The van der Waals surface area contributed by atoms with Crippen LogP contribution in [0.15, 0.2) is 0 Å². The second-order valence-corrected chi connectivity index (χ2v) is 7.04. The molecule has 0 radical (unpaired) electrons. The van der Waals surface area contributed by atoms with Gasteiger partial charge < -0.3 is 0 Å². The van der Waals surface area contributed by atoms with Gasteiger partial charge in [0.15, 0.2) is 0 Å². The maximum Gasteiger partial charge on any atom is 0.339 e. The molecule has 0 aromatic carbocycles. The van der Waals surface area contributed by atoms with Gasteiger partial charge in [-0.3, -0.25) is 4.57 Å². The van der Waals surface area contributed by atoms with Crippen LogP contribution in [0.2, 0.25) is 0 Å². The molecule has 0 saturated carbocycles. The second kappa shape index (κ2) is 3.40. The average molecular weight is 190 g/mol. The predicted octanol–water partition coefficient (Wildman–Crippen LogP) is 3.23. The molecule has 6 heavy (non-hydrogen) atoms. The number of halogens is 4. The highest BCUT2D eigenvalue weighted by Crippen LogP contribution is 2.61. The van der Waals surface area contributed by atoms with E-state index in [2.05, 4.69) is 33.7 Å². The lowest BCUT2D eigenvalue weighted by Gasteiger charge is -1.74. The van der Waals surface area contributed by atoms with Gasteiger partial charge in [-0.05, 0) is 33.7 Å². The summed E-state index contributed by atoms with van der Waals surface area (Å²) in [6.07, 6.45) is 0. The van der Waals surface area contributed by atoms with E-state index in [0.29, 0.717) is 0 Å². The van der Waals surface area contributed by atoms with Crippen molar-refractivity contribution in [2.75, 3.05) is 0 Å². The molecule has 0 spiro atoms. The Balaban J connectivity index is 0. The predicted molar refractivity (Wildman–Crippen MR) is 32.4 cm³/mol. The number of hydrogen-bond acceptors (Lipinski definition) is 1. The van der Waals surface area contributed by atoms with Crippen LogP contribution in [0, 0.1) is 0 Å². The Morgan fingerprint density at radius 2 is 1.17 bits per heavy atom. The van der Waals surface area contributed by atoms with Gasteiger partial charge in [-0.1, -0.05) is 0 Å². The maximum atomic E-state index is 9.51. The summed E-state index contributed by atoms with van der Waals surface area (Å²) in [5, 5.41) is -3.22. The summed E-state index contributed by atoms with van der Waals surface area (Å²) >= 11 is 13.8. The van der Waals surface area contributed by atoms with Gasteiger partial charge in [0, 0.05) is 0 Å². The summed E-state index contributed by atoms with van der Waals surface area (Å²) in [4.78, 5) is 0. The lowest BCUT2D eigenvalue weighted by atomic mass is 16.0. The largest absolute Gasteiger partial charge is 0.339 e. The Morgan fingerprint density at radius 1 is 1.17 bits per heavy atom. The topological polar surface area (TPSA) is 17.1 Å². The van der Waals surface area contributed by atoms with Crippen molar-refractivity contribution >= 4 is 51.3 Å². The molecule has 0 aliphatic rings. The summed E-state index contributed by atoms with van der Waals surface area (Å²) in [5.41, 5.74) is 0. The van der Waals surface area contributed by atoms with Crippen LogP contribution in [-0.4, -0.2) is 0 Å². The van der Waals surface area contributed by atoms with Crippen molar-refractivity contribution in [1.82, 2.24) is 0 Å². The monoisotopic (exact) mass is 188 g/mol. The first kappa shape index (κ1) is 10.4. The molecule has 6 heteroatoms. The van der Waals surface area contributed by atoms with Gasteiger partial charge in [-0.15, -0.1) is 12.4 Å². The van der Waals surface area contributed by atoms with Crippen LogP contribution in [0.1, 0.15) is 0 Å². The molecule has 0 fully saturated rings. The van der Waals surface area contributed by atoms with E-state index in [1.807, 2.05) is 0 Å². The standard InChI is InChI=1S/Cl3OP.ClH/c1-5(2,3)4;/h;1H. The van der Waals surface area contributed by atoms with Gasteiger partial charge in [0.2, 0.25) is 0 Å². The lowest BCUT2D eigenvalue weighted by molar-refractivity contribution is 0.600. The molecular weight excluding hydrogens is 189 g/mol. The normalized spacial score (nSPS) is 9.83. The third kappa shape index (κ3) is 53.8. The molecule has 0 aliphatic carbocycles. The fraction of sp³-hybridized carbons (Fsp3) is 0. The van der Waals surface area contributed by atoms with Crippen LogP contribution in [-0.2, 0) is 4.57 Å². The zero-order valence-corrected chi connectivity index (χ0v) is 6.38. The van der Waals surface area contributed by atoms with Crippen molar-refractivity contribution in [3.63, 3.8) is 0 Å². The molecule has 0 rings (SSSR count). The summed E-state index contributed by atoms with van der Waals surface area (Å²) in [7, 11) is 0. The first-order chi connectivity index (χ1) is 2.00. The zero-order chi connectivity index (χ0) is 4.50. The molecule has 0 atom stereocenters. The van der Waals surface area contributed by atoms with Gasteiger partial charge >= 0.3 is 5.20 Å². The van der Waals surface area contributed by atoms with Crippen molar-refractivity contribution < 1.29 is 4.57 Å². The van der Waals surface area contributed by atoms with E-state index >= 15 is 0 Å². The Morgan fingerprint density at radius 3 is 1.17 bits per heavy atom. The molecule has 0 aromatic heterocycles. The second-order valence-electron chi connectivity index (χ2n) is 0.399. The average Bonchev–Trinajstić information content (AvgIpc) is 0.722. The van der Waals surface area contributed by atoms with Crippen molar-refractivity contribution in [2.45, 2.75) is 0 Å². The van der Waals surface area contributed by atoms with Crippen LogP contribution in [0.4, 0.5) is 0 Å². The molecule has 0 bridgehead atoms. The first-order valence-corrected chi connectivity index (χ1v) is 5.11. The highest BCUT2D eigenvalue weighted by molar-refractivity contribution is 8.24. The Kier molecular flexibility index (Phi) is 5.88. The highest BCUT2D eigenvalue weighted by atomic mass is 36.0.